The smallest absolute Gasteiger partial charge is 0.329 e. The van der Waals surface area contributed by atoms with E-state index in [4.69, 9.17) is 16.3 Å². The van der Waals surface area contributed by atoms with E-state index in [1.165, 1.54) is 0 Å². The van der Waals surface area contributed by atoms with Crippen LogP contribution in [-0.2, 0) is 14.3 Å². The van der Waals surface area contributed by atoms with Crippen molar-refractivity contribution in [3.63, 3.8) is 0 Å². The molecule has 0 unspecified atom stereocenters. The Kier molecular flexibility index (Phi) is 6.99. The van der Waals surface area contributed by atoms with Gasteiger partial charge in [-0.15, -0.1) is 11.8 Å². The van der Waals surface area contributed by atoms with Crippen LogP contribution in [0.5, 0.6) is 0 Å². The third-order valence-corrected chi connectivity index (χ3v) is 5.58. The maximum absolute atomic E-state index is 12.7. The van der Waals surface area contributed by atoms with Crippen LogP contribution in [0.15, 0.2) is 24.3 Å². The lowest BCUT2D eigenvalue weighted by atomic mass is 10.1. The van der Waals surface area contributed by atoms with Crippen LogP contribution < -0.4 is 0 Å². The average molecular weight is 370 g/mol. The molecule has 0 aliphatic carbocycles. The summed E-state index contributed by atoms with van der Waals surface area (Å²) >= 11 is 7.88. The minimum absolute atomic E-state index is 0.0534. The van der Waals surface area contributed by atoms with Crippen molar-refractivity contribution in [1.29, 1.82) is 0 Å². The van der Waals surface area contributed by atoms with Crippen molar-refractivity contribution in [2.45, 2.75) is 45.0 Å². The van der Waals surface area contributed by atoms with Gasteiger partial charge in [0.1, 0.15) is 11.4 Å². The molecule has 4 nitrogen and oxygen atoms in total. The van der Waals surface area contributed by atoms with Crippen molar-refractivity contribution in [3.8, 4) is 0 Å². The average Bonchev–Trinajstić information content (AvgIpc) is 2.99. The molecule has 6 heteroatoms. The van der Waals surface area contributed by atoms with E-state index in [1.54, 1.807) is 16.7 Å². The number of hydrogen-bond donors (Lipinski definition) is 0. The number of rotatable bonds is 6. The Morgan fingerprint density at radius 3 is 2.71 bits per heavy atom. The minimum Gasteiger partial charge on any atom is -0.464 e. The Morgan fingerprint density at radius 2 is 2.08 bits per heavy atom. The quantitative estimate of drug-likeness (QED) is 0.554. The number of nitrogens with zero attached hydrogens (tertiary/aromatic N) is 1. The number of benzene rings is 1. The summed E-state index contributed by atoms with van der Waals surface area (Å²) in [5.41, 5.74) is 0.863. The fourth-order valence-electron chi connectivity index (χ4n) is 2.58. The first kappa shape index (κ1) is 19.1. The summed E-state index contributed by atoms with van der Waals surface area (Å²) in [4.78, 5) is 26.9. The van der Waals surface area contributed by atoms with Crippen LogP contribution in [0, 0.1) is 5.92 Å². The van der Waals surface area contributed by atoms with Gasteiger partial charge in [-0.25, -0.2) is 4.79 Å². The van der Waals surface area contributed by atoms with E-state index in [0.29, 0.717) is 17.4 Å². The zero-order valence-electron chi connectivity index (χ0n) is 14.3. The lowest BCUT2D eigenvalue weighted by Gasteiger charge is -2.30. The minimum atomic E-state index is -0.553. The summed E-state index contributed by atoms with van der Waals surface area (Å²) in [6, 6.07) is 6.92. The molecular weight excluding hydrogens is 346 g/mol. The summed E-state index contributed by atoms with van der Waals surface area (Å²) in [5, 5.41) is 0.355. The van der Waals surface area contributed by atoms with Crippen molar-refractivity contribution in [3.05, 3.63) is 34.9 Å². The number of carbonyl (C=O) groups excluding carboxylic acids is 2. The number of carbonyl (C=O) groups is 2. The van der Waals surface area contributed by atoms with Crippen LogP contribution in [0.2, 0.25) is 5.02 Å². The number of ether oxygens (including phenoxy) is 1. The van der Waals surface area contributed by atoms with Gasteiger partial charge in [-0.1, -0.05) is 57.0 Å². The van der Waals surface area contributed by atoms with Crippen molar-refractivity contribution >= 4 is 35.2 Å². The maximum atomic E-state index is 12.7. The molecule has 0 saturated carbocycles. The number of amides is 1. The molecule has 0 N–H and O–H groups in total. The number of thioether (sulfide) groups is 1. The molecule has 2 atom stereocenters. The SMILES string of the molecule is CCCCOC(=O)[C@@H]1CS[C@@H](c2ccccc2Cl)N1C(=O)C(C)C. The summed E-state index contributed by atoms with van der Waals surface area (Å²) in [7, 11) is 0. The Hall–Kier alpha value is -1.20. The third kappa shape index (κ3) is 4.25. The van der Waals surface area contributed by atoms with E-state index in [-0.39, 0.29) is 23.2 Å². The molecule has 1 fully saturated rings. The van der Waals surface area contributed by atoms with Gasteiger partial charge in [-0.2, -0.15) is 0 Å². The molecule has 0 spiro atoms. The van der Waals surface area contributed by atoms with Crippen LogP contribution in [0.4, 0.5) is 0 Å². The van der Waals surface area contributed by atoms with Crippen molar-refractivity contribution < 1.29 is 14.3 Å². The highest BCUT2D eigenvalue weighted by atomic mass is 35.5. The lowest BCUT2D eigenvalue weighted by molar-refractivity contribution is -0.155. The lowest BCUT2D eigenvalue weighted by Crippen LogP contribution is -2.45. The molecule has 2 rings (SSSR count). The second-order valence-corrected chi connectivity index (χ2v) is 7.66. The van der Waals surface area contributed by atoms with Gasteiger partial charge >= 0.3 is 5.97 Å². The van der Waals surface area contributed by atoms with E-state index in [0.717, 1.165) is 18.4 Å². The Balaban J connectivity index is 2.25. The third-order valence-electron chi connectivity index (χ3n) is 3.93. The maximum Gasteiger partial charge on any atom is 0.329 e. The predicted molar refractivity (Wildman–Crippen MR) is 98.0 cm³/mol. The standard InChI is InChI=1S/C18H24ClNO3S/c1-4-5-10-23-18(22)15-11-24-17(20(15)16(21)12(2)3)13-8-6-7-9-14(13)19/h6-9,12,15,17H,4-5,10-11H2,1-3H3/t15-,17-/m0/s1. The van der Waals surface area contributed by atoms with Crippen LogP contribution in [0.3, 0.4) is 0 Å². The number of halogens is 1. The Labute approximate surface area is 152 Å². The van der Waals surface area contributed by atoms with Crippen LogP contribution in [-0.4, -0.2) is 35.2 Å². The summed E-state index contributed by atoms with van der Waals surface area (Å²) in [5.74, 6) is -0.0410. The van der Waals surface area contributed by atoms with Crippen molar-refractivity contribution in [1.82, 2.24) is 4.90 Å². The monoisotopic (exact) mass is 369 g/mol. The Morgan fingerprint density at radius 1 is 1.38 bits per heavy atom. The zero-order valence-corrected chi connectivity index (χ0v) is 15.9. The fourth-order valence-corrected chi connectivity index (χ4v) is 4.35. The molecule has 132 valence electrons. The van der Waals surface area contributed by atoms with Gasteiger partial charge < -0.3 is 9.64 Å². The van der Waals surface area contributed by atoms with Gasteiger partial charge in [-0.3, -0.25) is 4.79 Å². The van der Waals surface area contributed by atoms with E-state index in [9.17, 15) is 9.59 Å². The van der Waals surface area contributed by atoms with Gasteiger partial charge in [0.25, 0.3) is 0 Å². The fraction of sp³-hybridized carbons (Fsp3) is 0.556. The molecule has 24 heavy (non-hydrogen) atoms. The van der Waals surface area contributed by atoms with Crippen molar-refractivity contribution in [2.75, 3.05) is 12.4 Å². The number of esters is 1. The van der Waals surface area contributed by atoms with E-state index >= 15 is 0 Å². The highest BCUT2D eigenvalue weighted by Gasteiger charge is 2.44. The normalized spacial score (nSPS) is 20.5. The molecule has 1 heterocycles. The summed E-state index contributed by atoms with van der Waals surface area (Å²) in [6.45, 7) is 6.13. The highest BCUT2D eigenvalue weighted by molar-refractivity contribution is 7.99. The molecule has 0 radical (unpaired) electrons. The number of hydrogen-bond acceptors (Lipinski definition) is 4. The van der Waals surface area contributed by atoms with Gasteiger partial charge in [0.2, 0.25) is 5.91 Å². The van der Waals surface area contributed by atoms with Gasteiger partial charge in [0.15, 0.2) is 0 Å². The van der Waals surface area contributed by atoms with Gasteiger partial charge in [0, 0.05) is 22.3 Å². The van der Waals surface area contributed by atoms with Crippen molar-refractivity contribution in [2.24, 2.45) is 5.92 Å². The largest absolute Gasteiger partial charge is 0.464 e. The second-order valence-electron chi connectivity index (χ2n) is 6.14. The van der Waals surface area contributed by atoms with Crippen LogP contribution >= 0.6 is 23.4 Å². The number of unbranched alkanes of at least 4 members (excludes halogenated alkanes) is 1. The van der Waals surface area contributed by atoms with Crippen LogP contribution in [0.1, 0.15) is 44.6 Å². The molecule has 1 saturated heterocycles. The molecule has 1 aliphatic rings. The summed E-state index contributed by atoms with van der Waals surface area (Å²) in [6.07, 6.45) is 1.79. The molecule has 1 aliphatic heterocycles. The first-order valence-corrected chi connectivity index (χ1v) is 9.74. The first-order valence-electron chi connectivity index (χ1n) is 8.32. The van der Waals surface area contributed by atoms with E-state index in [2.05, 4.69) is 0 Å². The molecule has 1 amide bonds. The highest BCUT2D eigenvalue weighted by Crippen LogP contribution is 2.44. The molecule has 1 aromatic carbocycles. The van der Waals surface area contributed by atoms with E-state index in [1.807, 2.05) is 45.0 Å². The first-order chi connectivity index (χ1) is 11.5. The topological polar surface area (TPSA) is 46.6 Å². The van der Waals surface area contributed by atoms with Crippen LogP contribution in [0.25, 0.3) is 0 Å². The second kappa shape index (κ2) is 8.77. The Bertz CT molecular complexity index is 593. The van der Waals surface area contributed by atoms with E-state index < -0.39 is 6.04 Å². The predicted octanol–water partition coefficient (Wildman–Crippen LogP) is 4.28. The van der Waals surface area contributed by atoms with Gasteiger partial charge in [0.05, 0.1) is 6.61 Å². The molecule has 0 aromatic heterocycles. The van der Waals surface area contributed by atoms with Gasteiger partial charge in [-0.05, 0) is 12.5 Å². The zero-order chi connectivity index (χ0) is 17.7. The molecular formula is C18H24ClNO3S. The molecule has 1 aromatic rings. The molecule has 0 bridgehead atoms. The summed E-state index contributed by atoms with van der Waals surface area (Å²) < 4.78 is 5.36.